The maximum atomic E-state index is 12.6. The lowest BCUT2D eigenvalue weighted by Crippen LogP contribution is -2.33. The van der Waals surface area contributed by atoms with Gasteiger partial charge in [0.25, 0.3) is 11.8 Å². The Morgan fingerprint density at radius 3 is 2.19 bits per heavy atom. The van der Waals surface area contributed by atoms with Gasteiger partial charge in [0, 0.05) is 6.04 Å². The number of carbonyl (C=O) groups excluding carboxylic acids is 3. The Bertz CT molecular complexity index is 1110. The highest BCUT2D eigenvalue weighted by atomic mass is 32.2. The zero-order valence-corrected chi connectivity index (χ0v) is 18.4. The summed E-state index contributed by atoms with van der Waals surface area (Å²) in [6.07, 6.45) is 5.00. The summed E-state index contributed by atoms with van der Waals surface area (Å²) in [4.78, 5) is 37.3. The van der Waals surface area contributed by atoms with E-state index in [0.717, 1.165) is 31.9 Å². The van der Waals surface area contributed by atoms with E-state index < -0.39 is 28.5 Å². The molecule has 0 saturated heterocycles. The number of hydrogen-bond donors (Lipinski definition) is 3. The summed E-state index contributed by atoms with van der Waals surface area (Å²) in [5, 5.41) is 5.56. The molecule has 0 heterocycles. The molecule has 0 unspecified atom stereocenters. The first-order chi connectivity index (χ1) is 15.2. The first-order valence-corrected chi connectivity index (χ1v) is 12.1. The number of amides is 2. The number of hydrogen-bond acceptors (Lipinski definition) is 6. The number of benzene rings is 2. The van der Waals surface area contributed by atoms with Crippen molar-refractivity contribution in [3.63, 3.8) is 0 Å². The predicted molar refractivity (Wildman–Crippen MR) is 120 cm³/mol. The highest BCUT2D eigenvalue weighted by Crippen LogP contribution is 2.21. The summed E-state index contributed by atoms with van der Waals surface area (Å²) in [6, 6.07) is 12.6. The normalized spacial score (nSPS) is 13.9. The quantitative estimate of drug-likeness (QED) is 0.520. The summed E-state index contributed by atoms with van der Waals surface area (Å²) in [5.74, 6) is -1.77. The van der Waals surface area contributed by atoms with Crippen LogP contribution in [0.4, 0.5) is 11.4 Å². The van der Waals surface area contributed by atoms with Crippen LogP contribution in [0.25, 0.3) is 0 Å². The average molecular weight is 460 g/mol. The van der Waals surface area contributed by atoms with Crippen LogP contribution in [0.2, 0.25) is 0 Å². The molecule has 1 aliphatic rings. The minimum atomic E-state index is -3.60. The molecule has 0 atom stereocenters. The Kier molecular flexibility index (Phi) is 7.47. The van der Waals surface area contributed by atoms with E-state index in [1.54, 1.807) is 36.4 Å². The second-order valence-corrected chi connectivity index (χ2v) is 9.29. The maximum absolute atomic E-state index is 12.6. The van der Waals surface area contributed by atoms with E-state index in [4.69, 9.17) is 4.74 Å². The highest BCUT2D eigenvalue weighted by Gasteiger charge is 2.21. The molecule has 0 spiro atoms. The van der Waals surface area contributed by atoms with Crippen molar-refractivity contribution in [2.24, 2.45) is 0 Å². The fourth-order valence-electron chi connectivity index (χ4n) is 3.47. The largest absolute Gasteiger partial charge is 0.452 e. The van der Waals surface area contributed by atoms with Crippen molar-refractivity contribution in [3.05, 3.63) is 59.7 Å². The molecule has 0 radical (unpaired) electrons. The third-order valence-electron chi connectivity index (χ3n) is 4.91. The van der Waals surface area contributed by atoms with Crippen molar-refractivity contribution in [1.29, 1.82) is 0 Å². The maximum Gasteiger partial charge on any atom is 0.340 e. The summed E-state index contributed by atoms with van der Waals surface area (Å²) < 4.78 is 30.2. The lowest BCUT2D eigenvalue weighted by molar-refractivity contribution is -0.119. The van der Waals surface area contributed by atoms with Crippen molar-refractivity contribution in [2.45, 2.75) is 31.7 Å². The molecule has 1 fully saturated rings. The number of esters is 1. The minimum Gasteiger partial charge on any atom is -0.452 e. The Hall–Kier alpha value is -3.40. The SMILES string of the molecule is CS(=O)(=O)Nc1ccccc1C(=O)OCC(=O)Nc1ccccc1C(=O)NC1CCCC1. The molecule has 170 valence electrons. The fourth-order valence-corrected chi connectivity index (χ4v) is 4.05. The van der Waals surface area contributed by atoms with Crippen LogP contribution >= 0.6 is 0 Å². The highest BCUT2D eigenvalue weighted by molar-refractivity contribution is 7.92. The molecule has 3 N–H and O–H groups in total. The van der Waals surface area contributed by atoms with E-state index in [-0.39, 0.29) is 23.2 Å². The van der Waals surface area contributed by atoms with Gasteiger partial charge in [0.1, 0.15) is 0 Å². The van der Waals surface area contributed by atoms with Gasteiger partial charge >= 0.3 is 5.97 Å². The molecule has 2 aromatic carbocycles. The van der Waals surface area contributed by atoms with E-state index in [9.17, 15) is 22.8 Å². The molecular weight excluding hydrogens is 434 g/mol. The predicted octanol–water partition coefficient (Wildman–Crippen LogP) is 2.53. The number of carbonyl (C=O) groups is 3. The van der Waals surface area contributed by atoms with Gasteiger partial charge in [-0.05, 0) is 37.1 Å². The Labute approximate surface area is 186 Å². The van der Waals surface area contributed by atoms with Crippen molar-refractivity contribution in [2.75, 3.05) is 22.9 Å². The monoisotopic (exact) mass is 459 g/mol. The molecule has 0 aromatic heterocycles. The lowest BCUT2D eigenvalue weighted by Gasteiger charge is -2.15. The van der Waals surface area contributed by atoms with Gasteiger partial charge < -0.3 is 15.4 Å². The van der Waals surface area contributed by atoms with Gasteiger partial charge in [0.15, 0.2) is 6.61 Å². The summed E-state index contributed by atoms with van der Waals surface area (Å²) in [6.45, 7) is -0.607. The smallest absolute Gasteiger partial charge is 0.340 e. The molecule has 10 heteroatoms. The summed E-state index contributed by atoms with van der Waals surface area (Å²) >= 11 is 0. The van der Waals surface area contributed by atoms with Crippen LogP contribution in [0.3, 0.4) is 0 Å². The van der Waals surface area contributed by atoms with Crippen LogP contribution in [-0.2, 0) is 19.6 Å². The zero-order chi connectivity index (χ0) is 23.1. The van der Waals surface area contributed by atoms with Gasteiger partial charge in [0.05, 0.1) is 28.8 Å². The van der Waals surface area contributed by atoms with Gasteiger partial charge in [-0.2, -0.15) is 0 Å². The number of ether oxygens (including phenoxy) is 1. The molecule has 0 bridgehead atoms. The van der Waals surface area contributed by atoms with E-state index in [1.165, 1.54) is 12.1 Å². The Morgan fingerprint density at radius 2 is 1.53 bits per heavy atom. The van der Waals surface area contributed by atoms with Crippen molar-refractivity contribution in [1.82, 2.24) is 5.32 Å². The molecule has 2 aromatic rings. The summed E-state index contributed by atoms with van der Waals surface area (Å²) in [5.41, 5.74) is 0.654. The molecule has 9 nitrogen and oxygen atoms in total. The van der Waals surface area contributed by atoms with Crippen molar-refractivity contribution in [3.8, 4) is 0 Å². The molecule has 1 aliphatic carbocycles. The van der Waals surface area contributed by atoms with Crippen LogP contribution in [0.1, 0.15) is 46.4 Å². The number of nitrogens with one attached hydrogen (secondary N) is 3. The topological polar surface area (TPSA) is 131 Å². The first-order valence-electron chi connectivity index (χ1n) is 10.2. The minimum absolute atomic E-state index is 0.0259. The van der Waals surface area contributed by atoms with Gasteiger partial charge in [-0.25, -0.2) is 13.2 Å². The molecule has 32 heavy (non-hydrogen) atoms. The molecular formula is C22H25N3O6S. The molecule has 2 amide bonds. The molecule has 0 aliphatic heterocycles. The second kappa shape index (κ2) is 10.3. The van der Waals surface area contributed by atoms with Gasteiger partial charge in [-0.1, -0.05) is 37.1 Å². The van der Waals surface area contributed by atoms with E-state index in [2.05, 4.69) is 15.4 Å². The van der Waals surface area contributed by atoms with Crippen LogP contribution in [0.15, 0.2) is 48.5 Å². The Morgan fingerprint density at radius 1 is 0.938 bits per heavy atom. The molecule has 3 rings (SSSR count). The molecule has 1 saturated carbocycles. The van der Waals surface area contributed by atoms with Crippen molar-refractivity contribution >= 4 is 39.2 Å². The van der Waals surface area contributed by atoms with E-state index >= 15 is 0 Å². The number of para-hydroxylation sites is 2. The second-order valence-electron chi connectivity index (χ2n) is 7.54. The van der Waals surface area contributed by atoms with Crippen LogP contribution in [-0.4, -0.2) is 45.1 Å². The average Bonchev–Trinajstić information content (AvgIpc) is 3.24. The van der Waals surface area contributed by atoms with Gasteiger partial charge in [-0.3, -0.25) is 14.3 Å². The number of sulfonamides is 1. The standard InChI is InChI=1S/C22H25N3O6S/c1-32(29,30)25-19-13-7-5-11-17(19)22(28)31-14-20(26)24-18-12-6-4-10-16(18)21(27)23-15-8-2-3-9-15/h4-7,10-13,15,25H,2-3,8-9,14H2,1H3,(H,23,27)(H,24,26). The number of rotatable bonds is 8. The van der Waals surface area contributed by atoms with Crippen LogP contribution in [0, 0.1) is 0 Å². The number of anilines is 2. The third-order valence-corrected chi connectivity index (χ3v) is 5.50. The summed E-state index contributed by atoms with van der Waals surface area (Å²) in [7, 11) is -3.60. The van der Waals surface area contributed by atoms with E-state index in [0.29, 0.717) is 11.3 Å². The lowest BCUT2D eigenvalue weighted by atomic mass is 10.1. The first kappa shape index (κ1) is 23.3. The zero-order valence-electron chi connectivity index (χ0n) is 17.6. The van der Waals surface area contributed by atoms with Gasteiger partial charge in [-0.15, -0.1) is 0 Å². The van der Waals surface area contributed by atoms with Crippen LogP contribution in [0.5, 0.6) is 0 Å². The Balaban J connectivity index is 1.61. The van der Waals surface area contributed by atoms with Crippen molar-refractivity contribution < 1.29 is 27.5 Å². The fraction of sp³-hybridized carbons (Fsp3) is 0.318. The van der Waals surface area contributed by atoms with Crippen LogP contribution < -0.4 is 15.4 Å². The van der Waals surface area contributed by atoms with E-state index in [1.807, 2.05) is 0 Å². The van der Waals surface area contributed by atoms with Gasteiger partial charge in [0.2, 0.25) is 10.0 Å². The third kappa shape index (κ3) is 6.55.